The summed E-state index contributed by atoms with van der Waals surface area (Å²) in [5.41, 5.74) is 4.99. The highest BCUT2D eigenvalue weighted by molar-refractivity contribution is 6.05. The summed E-state index contributed by atoms with van der Waals surface area (Å²) in [5, 5.41) is 3.45. The minimum atomic E-state index is -0.497. The number of fused-ring (bicyclic) bond motifs is 2. The van der Waals surface area contributed by atoms with Gasteiger partial charge in [-0.15, -0.1) is 0 Å². The van der Waals surface area contributed by atoms with Gasteiger partial charge >= 0.3 is 5.97 Å². The highest BCUT2D eigenvalue weighted by atomic mass is 19.1. The van der Waals surface area contributed by atoms with Gasteiger partial charge in [-0.25, -0.2) is 9.18 Å². The maximum absolute atomic E-state index is 13.0. The smallest absolute Gasteiger partial charge is 0.339 e. The second kappa shape index (κ2) is 8.61. The van der Waals surface area contributed by atoms with E-state index >= 15 is 0 Å². The Kier molecular flexibility index (Phi) is 5.74. The zero-order valence-electron chi connectivity index (χ0n) is 16.8. The van der Waals surface area contributed by atoms with Crippen LogP contribution in [0.4, 0.5) is 4.39 Å². The molecule has 1 N–H and O–H groups in total. The summed E-state index contributed by atoms with van der Waals surface area (Å²) in [6, 6.07) is 11.7. The normalized spacial score (nSPS) is 13.0. The number of rotatable bonds is 5. The number of halogens is 1. The second-order valence-corrected chi connectivity index (χ2v) is 7.62. The van der Waals surface area contributed by atoms with Crippen LogP contribution in [0, 0.1) is 12.7 Å². The average Bonchev–Trinajstić information content (AvgIpc) is 2.75. The number of amides is 1. The third kappa shape index (κ3) is 4.32. The van der Waals surface area contributed by atoms with E-state index in [4.69, 9.17) is 9.72 Å². The monoisotopic (exact) mass is 406 g/mol. The van der Waals surface area contributed by atoms with Crippen molar-refractivity contribution < 1.29 is 18.7 Å². The summed E-state index contributed by atoms with van der Waals surface area (Å²) >= 11 is 0. The molecule has 1 aliphatic carbocycles. The molecule has 0 atom stereocenters. The zero-order valence-corrected chi connectivity index (χ0v) is 16.8. The first-order valence-electron chi connectivity index (χ1n) is 10.1. The molecule has 4 rings (SSSR count). The van der Waals surface area contributed by atoms with Crippen molar-refractivity contribution in [1.82, 2.24) is 10.3 Å². The number of hydrogen-bond acceptors (Lipinski definition) is 4. The van der Waals surface area contributed by atoms with Gasteiger partial charge in [0, 0.05) is 17.6 Å². The number of pyridine rings is 1. The summed E-state index contributed by atoms with van der Waals surface area (Å²) in [6.45, 7) is 1.84. The zero-order chi connectivity index (χ0) is 21.1. The number of aromatic nitrogens is 1. The molecule has 0 spiro atoms. The van der Waals surface area contributed by atoms with Crippen LogP contribution < -0.4 is 5.32 Å². The average molecular weight is 406 g/mol. The fourth-order valence-electron chi connectivity index (χ4n) is 3.83. The number of hydrogen-bond donors (Lipinski definition) is 1. The van der Waals surface area contributed by atoms with Crippen molar-refractivity contribution in [3.05, 3.63) is 76.2 Å². The first kappa shape index (κ1) is 20.0. The number of carbonyl (C=O) groups is 2. The van der Waals surface area contributed by atoms with Gasteiger partial charge in [0.25, 0.3) is 5.91 Å². The van der Waals surface area contributed by atoms with Crippen molar-refractivity contribution in [3.8, 4) is 0 Å². The Labute approximate surface area is 174 Å². The SMILES string of the molecule is Cc1ccc2nc3c(c(C(=O)OCC(=O)NCc4ccc(F)cc4)c2c1)CCCC3. The lowest BCUT2D eigenvalue weighted by molar-refractivity contribution is -0.124. The standard InChI is InChI=1S/C24H23FN2O3/c1-15-6-11-21-19(12-15)23(18-4-2-3-5-20(18)27-21)24(29)30-14-22(28)26-13-16-7-9-17(25)10-8-16/h6-12H,2-5,13-14H2,1H3,(H,26,28). The van der Waals surface area contributed by atoms with Crippen LogP contribution in [0.5, 0.6) is 0 Å². The number of ether oxygens (including phenoxy) is 1. The molecule has 1 amide bonds. The van der Waals surface area contributed by atoms with Crippen molar-refractivity contribution in [2.24, 2.45) is 0 Å². The van der Waals surface area contributed by atoms with E-state index in [2.05, 4.69) is 5.32 Å². The number of carbonyl (C=O) groups excluding carboxylic acids is 2. The third-order valence-corrected chi connectivity index (χ3v) is 5.36. The van der Waals surface area contributed by atoms with Crippen LogP contribution in [0.3, 0.4) is 0 Å². The van der Waals surface area contributed by atoms with Gasteiger partial charge in [0.2, 0.25) is 0 Å². The molecule has 2 aromatic carbocycles. The lowest BCUT2D eigenvalue weighted by Crippen LogP contribution is -2.28. The Morgan fingerprint density at radius 3 is 2.67 bits per heavy atom. The van der Waals surface area contributed by atoms with Crippen molar-refractivity contribution in [3.63, 3.8) is 0 Å². The third-order valence-electron chi connectivity index (χ3n) is 5.36. The molecule has 1 aromatic heterocycles. The lowest BCUT2D eigenvalue weighted by atomic mass is 9.89. The summed E-state index contributed by atoms with van der Waals surface area (Å²) in [5.74, 6) is -1.23. The molecule has 5 nitrogen and oxygen atoms in total. The quantitative estimate of drug-likeness (QED) is 0.650. The maximum atomic E-state index is 13.0. The fraction of sp³-hybridized carbons (Fsp3) is 0.292. The maximum Gasteiger partial charge on any atom is 0.339 e. The molecular weight excluding hydrogens is 383 g/mol. The van der Waals surface area contributed by atoms with Crippen molar-refractivity contribution in [1.29, 1.82) is 0 Å². The van der Waals surface area contributed by atoms with E-state index < -0.39 is 11.9 Å². The van der Waals surface area contributed by atoms with Gasteiger partial charge in [0.15, 0.2) is 6.61 Å². The minimum absolute atomic E-state index is 0.240. The van der Waals surface area contributed by atoms with Crippen LogP contribution in [0.15, 0.2) is 42.5 Å². The molecule has 0 fully saturated rings. The predicted octanol–water partition coefficient (Wildman–Crippen LogP) is 4.03. The van der Waals surface area contributed by atoms with Gasteiger partial charge in [0.05, 0.1) is 11.1 Å². The van der Waals surface area contributed by atoms with E-state index in [1.165, 1.54) is 12.1 Å². The second-order valence-electron chi connectivity index (χ2n) is 7.62. The van der Waals surface area contributed by atoms with E-state index in [-0.39, 0.29) is 19.0 Å². The summed E-state index contributed by atoms with van der Waals surface area (Å²) in [7, 11) is 0. The van der Waals surface area contributed by atoms with Gasteiger partial charge in [-0.3, -0.25) is 9.78 Å². The number of benzene rings is 2. The summed E-state index contributed by atoms with van der Waals surface area (Å²) < 4.78 is 18.3. The van der Waals surface area contributed by atoms with Gasteiger partial charge in [-0.1, -0.05) is 23.8 Å². The van der Waals surface area contributed by atoms with E-state index in [1.807, 2.05) is 25.1 Å². The Hall–Kier alpha value is -3.28. The molecule has 30 heavy (non-hydrogen) atoms. The lowest BCUT2D eigenvalue weighted by Gasteiger charge is -2.20. The first-order chi connectivity index (χ1) is 14.5. The molecule has 1 heterocycles. The van der Waals surface area contributed by atoms with Gasteiger partial charge in [-0.2, -0.15) is 0 Å². The Bertz CT molecular complexity index is 1110. The van der Waals surface area contributed by atoms with E-state index in [9.17, 15) is 14.0 Å². The minimum Gasteiger partial charge on any atom is -0.452 e. The van der Waals surface area contributed by atoms with Crippen molar-refractivity contribution in [2.75, 3.05) is 6.61 Å². The number of nitrogens with zero attached hydrogens (tertiary/aromatic N) is 1. The van der Waals surface area contributed by atoms with E-state index in [0.717, 1.165) is 59.0 Å². The van der Waals surface area contributed by atoms with Gasteiger partial charge < -0.3 is 10.1 Å². The number of aryl methyl sites for hydroxylation is 2. The Balaban J connectivity index is 1.49. The van der Waals surface area contributed by atoms with Crippen LogP contribution in [0.2, 0.25) is 0 Å². The van der Waals surface area contributed by atoms with E-state index in [1.54, 1.807) is 12.1 Å². The van der Waals surface area contributed by atoms with Crippen LogP contribution in [0.25, 0.3) is 10.9 Å². The number of esters is 1. The highest BCUT2D eigenvalue weighted by Gasteiger charge is 2.24. The first-order valence-corrected chi connectivity index (χ1v) is 10.1. The van der Waals surface area contributed by atoms with Crippen molar-refractivity contribution in [2.45, 2.75) is 39.2 Å². The predicted molar refractivity (Wildman–Crippen MR) is 112 cm³/mol. The fourth-order valence-corrected chi connectivity index (χ4v) is 3.83. The van der Waals surface area contributed by atoms with Crippen LogP contribution >= 0.6 is 0 Å². The number of nitrogens with one attached hydrogen (secondary N) is 1. The largest absolute Gasteiger partial charge is 0.452 e. The molecule has 0 bridgehead atoms. The molecular formula is C24H23FN2O3. The molecule has 0 saturated heterocycles. The van der Waals surface area contributed by atoms with Crippen LogP contribution in [0.1, 0.15) is 45.6 Å². The topological polar surface area (TPSA) is 68.3 Å². The van der Waals surface area contributed by atoms with Crippen LogP contribution in [-0.2, 0) is 28.9 Å². The molecule has 0 unspecified atom stereocenters. The molecule has 6 heteroatoms. The molecule has 0 saturated carbocycles. The summed E-state index contributed by atoms with van der Waals surface area (Å²) in [6.07, 6.45) is 3.69. The highest BCUT2D eigenvalue weighted by Crippen LogP contribution is 2.30. The molecule has 1 aliphatic rings. The van der Waals surface area contributed by atoms with Gasteiger partial charge in [0.1, 0.15) is 5.82 Å². The Morgan fingerprint density at radius 2 is 1.87 bits per heavy atom. The molecule has 0 radical (unpaired) electrons. The Morgan fingerprint density at radius 1 is 1.10 bits per heavy atom. The van der Waals surface area contributed by atoms with Gasteiger partial charge in [-0.05, 0) is 68.0 Å². The van der Waals surface area contributed by atoms with Crippen LogP contribution in [-0.4, -0.2) is 23.5 Å². The molecule has 154 valence electrons. The molecule has 3 aromatic rings. The molecule has 0 aliphatic heterocycles. The van der Waals surface area contributed by atoms with E-state index in [0.29, 0.717) is 5.56 Å². The summed E-state index contributed by atoms with van der Waals surface area (Å²) in [4.78, 5) is 29.9. The van der Waals surface area contributed by atoms with Crippen molar-refractivity contribution >= 4 is 22.8 Å².